The molecule has 1 aliphatic carbocycles. The number of alkyl halides is 3. The van der Waals surface area contributed by atoms with Crippen molar-refractivity contribution in [3.8, 4) is 5.75 Å². The zero-order valence-electron chi connectivity index (χ0n) is 15.2. The van der Waals surface area contributed by atoms with E-state index in [0.29, 0.717) is 36.5 Å². The lowest BCUT2D eigenvalue weighted by molar-refractivity contribution is -0.137. The molecule has 7 heteroatoms. The molecular weight excluding hydrogens is 369 g/mol. The number of nitrogens with zero attached hydrogens (tertiary/aromatic N) is 1. The Morgan fingerprint density at radius 1 is 1.11 bits per heavy atom. The summed E-state index contributed by atoms with van der Waals surface area (Å²) in [6.07, 6.45) is -2.38. The fourth-order valence-electron chi connectivity index (χ4n) is 3.26. The quantitative estimate of drug-likeness (QED) is 0.815. The summed E-state index contributed by atoms with van der Waals surface area (Å²) in [5.74, 6) is 0.419. The van der Waals surface area contributed by atoms with E-state index in [9.17, 15) is 18.0 Å². The lowest BCUT2D eigenvalue weighted by Crippen LogP contribution is -2.53. The summed E-state index contributed by atoms with van der Waals surface area (Å²) in [6, 6.07) is 12.8. The van der Waals surface area contributed by atoms with Crippen LogP contribution in [0.4, 0.5) is 13.2 Å². The number of benzene rings is 2. The maximum atomic E-state index is 12.8. The molecule has 1 saturated heterocycles. The molecule has 2 fully saturated rings. The van der Waals surface area contributed by atoms with Gasteiger partial charge in [-0.3, -0.25) is 9.69 Å². The van der Waals surface area contributed by atoms with Crippen LogP contribution in [0.2, 0.25) is 0 Å². The number of likely N-dealkylation sites (tertiary alicyclic amines) is 1. The minimum Gasteiger partial charge on any atom is -0.487 e. The standard InChI is InChI=1S/C21H21F3N2O2/c22-21(23,24)15-5-3-4-14(10-15)11-26-12-17(13-26)28-19-7-2-1-6-18(19)20(27)25-16-8-9-16/h1-7,10,16-17H,8-9,11-13H2,(H,25,27). The Kier molecular flexibility index (Phi) is 5.02. The van der Waals surface area contributed by atoms with Crippen LogP contribution in [0.15, 0.2) is 48.5 Å². The topological polar surface area (TPSA) is 41.6 Å². The molecule has 0 bridgehead atoms. The van der Waals surface area contributed by atoms with Crippen molar-refractivity contribution in [1.82, 2.24) is 10.2 Å². The highest BCUT2D eigenvalue weighted by Gasteiger charge is 2.32. The summed E-state index contributed by atoms with van der Waals surface area (Å²) in [6.45, 7) is 1.65. The molecule has 0 radical (unpaired) electrons. The van der Waals surface area contributed by atoms with Crippen molar-refractivity contribution in [3.63, 3.8) is 0 Å². The molecule has 1 aliphatic heterocycles. The number of amides is 1. The van der Waals surface area contributed by atoms with Gasteiger partial charge in [0.25, 0.3) is 5.91 Å². The molecular formula is C21H21F3N2O2. The van der Waals surface area contributed by atoms with Gasteiger partial charge in [0.1, 0.15) is 11.9 Å². The number of halogens is 3. The van der Waals surface area contributed by atoms with Crippen molar-refractivity contribution in [1.29, 1.82) is 0 Å². The third-order valence-corrected chi connectivity index (χ3v) is 4.92. The van der Waals surface area contributed by atoms with Crippen molar-refractivity contribution in [2.45, 2.75) is 37.7 Å². The summed E-state index contributed by atoms with van der Waals surface area (Å²) in [5, 5.41) is 2.96. The average Bonchev–Trinajstić information content (AvgIpc) is 3.44. The van der Waals surface area contributed by atoms with E-state index in [1.165, 1.54) is 12.1 Å². The van der Waals surface area contributed by atoms with Gasteiger partial charge in [-0.15, -0.1) is 0 Å². The number of carbonyl (C=O) groups is 1. The molecule has 28 heavy (non-hydrogen) atoms. The summed E-state index contributed by atoms with van der Waals surface area (Å²) >= 11 is 0. The Labute approximate surface area is 161 Å². The van der Waals surface area contributed by atoms with Crippen molar-refractivity contribution in [2.24, 2.45) is 0 Å². The molecule has 0 atom stereocenters. The number of rotatable bonds is 6. The summed E-state index contributed by atoms with van der Waals surface area (Å²) < 4.78 is 44.4. The van der Waals surface area contributed by atoms with E-state index in [1.807, 2.05) is 11.0 Å². The highest BCUT2D eigenvalue weighted by molar-refractivity contribution is 5.97. The third-order valence-electron chi connectivity index (χ3n) is 4.92. The number of hydrogen-bond donors (Lipinski definition) is 1. The van der Waals surface area contributed by atoms with Crippen LogP contribution in [0.25, 0.3) is 0 Å². The van der Waals surface area contributed by atoms with E-state index in [-0.39, 0.29) is 18.1 Å². The second-order valence-corrected chi connectivity index (χ2v) is 7.38. The van der Waals surface area contributed by atoms with Crippen LogP contribution in [-0.2, 0) is 12.7 Å². The molecule has 1 N–H and O–H groups in total. The molecule has 2 aliphatic rings. The first-order valence-electron chi connectivity index (χ1n) is 9.33. The van der Waals surface area contributed by atoms with E-state index >= 15 is 0 Å². The zero-order chi connectivity index (χ0) is 19.7. The lowest BCUT2D eigenvalue weighted by Gasteiger charge is -2.39. The van der Waals surface area contributed by atoms with Gasteiger partial charge in [0, 0.05) is 25.7 Å². The predicted octanol–water partition coefficient (Wildman–Crippen LogP) is 3.86. The van der Waals surface area contributed by atoms with E-state index in [1.54, 1.807) is 24.3 Å². The predicted molar refractivity (Wildman–Crippen MR) is 98.1 cm³/mol. The summed E-state index contributed by atoms with van der Waals surface area (Å²) in [7, 11) is 0. The van der Waals surface area contributed by atoms with Gasteiger partial charge in [-0.25, -0.2) is 0 Å². The number of para-hydroxylation sites is 1. The first-order valence-corrected chi connectivity index (χ1v) is 9.33. The first-order chi connectivity index (χ1) is 13.4. The minimum atomic E-state index is -4.33. The van der Waals surface area contributed by atoms with Crippen LogP contribution < -0.4 is 10.1 Å². The normalized spacial score (nSPS) is 17.8. The molecule has 0 spiro atoms. The maximum Gasteiger partial charge on any atom is 0.416 e. The SMILES string of the molecule is O=C(NC1CC1)c1ccccc1OC1CN(Cc2cccc(C(F)(F)F)c2)C1. The number of nitrogens with one attached hydrogen (secondary N) is 1. The van der Waals surface area contributed by atoms with Gasteiger partial charge in [0.2, 0.25) is 0 Å². The highest BCUT2D eigenvalue weighted by Crippen LogP contribution is 2.30. The second-order valence-electron chi connectivity index (χ2n) is 7.38. The molecule has 1 heterocycles. The van der Waals surface area contributed by atoms with E-state index in [0.717, 1.165) is 18.9 Å². The van der Waals surface area contributed by atoms with Gasteiger partial charge in [-0.1, -0.05) is 30.3 Å². The van der Waals surface area contributed by atoms with E-state index in [2.05, 4.69) is 5.32 Å². The first kappa shape index (κ1) is 18.8. The molecule has 2 aromatic carbocycles. The fraction of sp³-hybridized carbons (Fsp3) is 0.381. The third kappa shape index (κ3) is 4.47. The monoisotopic (exact) mass is 390 g/mol. The van der Waals surface area contributed by atoms with Crippen LogP contribution in [0, 0.1) is 0 Å². The van der Waals surface area contributed by atoms with Crippen molar-refractivity contribution >= 4 is 5.91 Å². The molecule has 0 aromatic heterocycles. The molecule has 4 nitrogen and oxygen atoms in total. The summed E-state index contributed by atoms with van der Waals surface area (Å²) in [5.41, 5.74) is 0.511. The van der Waals surface area contributed by atoms with Crippen LogP contribution >= 0.6 is 0 Å². The zero-order valence-corrected chi connectivity index (χ0v) is 15.2. The van der Waals surface area contributed by atoms with Crippen molar-refractivity contribution in [3.05, 3.63) is 65.2 Å². The van der Waals surface area contributed by atoms with Crippen LogP contribution in [0.1, 0.15) is 34.3 Å². The largest absolute Gasteiger partial charge is 0.487 e. The lowest BCUT2D eigenvalue weighted by atomic mass is 10.1. The molecule has 1 saturated carbocycles. The Morgan fingerprint density at radius 2 is 1.86 bits per heavy atom. The molecule has 4 rings (SSSR count). The van der Waals surface area contributed by atoms with Crippen molar-refractivity contribution < 1.29 is 22.7 Å². The Bertz CT molecular complexity index is 859. The van der Waals surface area contributed by atoms with Gasteiger partial charge in [0.05, 0.1) is 11.1 Å². The van der Waals surface area contributed by atoms with Crippen LogP contribution in [0.3, 0.4) is 0 Å². The fourth-order valence-corrected chi connectivity index (χ4v) is 3.26. The van der Waals surface area contributed by atoms with E-state index in [4.69, 9.17) is 4.74 Å². The molecule has 148 valence electrons. The van der Waals surface area contributed by atoms with E-state index < -0.39 is 11.7 Å². The van der Waals surface area contributed by atoms with Gasteiger partial charge in [-0.05, 0) is 36.6 Å². The van der Waals surface area contributed by atoms with Gasteiger partial charge >= 0.3 is 6.18 Å². The Morgan fingerprint density at radius 3 is 2.57 bits per heavy atom. The average molecular weight is 390 g/mol. The molecule has 0 unspecified atom stereocenters. The molecule has 1 amide bonds. The van der Waals surface area contributed by atoms with Crippen LogP contribution in [-0.4, -0.2) is 36.0 Å². The van der Waals surface area contributed by atoms with Gasteiger partial charge in [-0.2, -0.15) is 13.2 Å². The highest BCUT2D eigenvalue weighted by atomic mass is 19.4. The smallest absolute Gasteiger partial charge is 0.416 e. The Hall–Kier alpha value is -2.54. The minimum absolute atomic E-state index is 0.0827. The van der Waals surface area contributed by atoms with Gasteiger partial charge in [0.15, 0.2) is 0 Å². The van der Waals surface area contributed by atoms with Crippen molar-refractivity contribution in [2.75, 3.05) is 13.1 Å². The second kappa shape index (κ2) is 7.47. The number of ether oxygens (including phenoxy) is 1. The summed E-state index contributed by atoms with van der Waals surface area (Å²) in [4.78, 5) is 14.3. The number of hydrogen-bond acceptors (Lipinski definition) is 3. The maximum absolute atomic E-state index is 12.8. The Balaban J connectivity index is 1.32. The van der Waals surface area contributed by atoms with Crippen LogP contribution in [0.5, 0.6) is 5.75 Å². The van der Waals surface area contributed by atoms with Gasteiger partial charge < -0.3 is 10.1 Å². The molecule has 2 aromatic rings. The number of carbonyl (C=O) groups excluding carboxylic acids is 1.